The van der Waals surface area contributed by atoms with Gasteiger partial charge < -0.3 is 14.9 Å². The summed E-state index contributed by atoms with van der Waals surface area (Å²) in [7, 11) is 0. The number of hydrogen-bond acceptors (Lipinski definition) is 5. The number of aliphatic hydroxyl groups is 2. The van der Waals surface area contributed by atoms with Crippen molar-refractivity contribution >= 4 is 11.6 Å². The van der Waals surface area contributed by atoms with E-state index in [-0.39, 0.29) is 68.3 Å². The predicted molar refractivity (Wildman–Crippen MR) is 132 cm³/mol. The van der Waals surface area contributed by atoms with Gasteiger partial charge in [-0.2, -0.15) is 0 Å². The Morgan fingerprint density at radius 1 is 1.14 bits per heavy atom. The minimum absolute atomic E-state index is 0.0428. The quantitative estimate of drug-likeness (QED) is 0.449. The molecule has 0 amide bonds. The highest BCUT2D eigenvalue weighted by molar-refractivity contribution is 5.90. The summed E-state index contributed by atoms with van der Waals surface area (Å²) in [5, 5.41) is 22.8. The molecular formula is C30H44O5. The van der Waals surface area contributed by atoms with E-state index in [9.17, 15) is 19.8 Å². The molecule has 0 aromatic heterocycles. The van der Waals surface area contributed by atoms with Crippen LogP contribution in [0.5, 0.6) is 0 Å². The first-order chi connectivity index (χ1) is 16.1. The maximum Gasteiger partial charge on any atom is 0.164 e. The Hall–Kier alpha value is -1.04. The third kappa shape index (κ3) is 2.66. The van der Waals surface area contributed by atoms with Crippen LogP contribution in [-0.2, 0) is 14.3 Å². The number of rotatable bonds is 4. The van der Waals surface area contributed by atoms with E-state index < -0.39 is 6.10 Å². The van der Waals surface area contributed by atoms with Gasteiger partial charge in [-0.05, 0) is 74.0 Å². The molecule has 5 fully saturated rings. The van der Waals surface area contributed by atoms with E-state index in [0.29, 0.717) is 25.2 Å². The van der Waals surface area contributed by atoms with E-state index in [4.69, 9.17) is 4.74 Å². The summed E-state index contributed by atoms with van der Waals surface area (Å²) in [5.74, 6) is 0.411. The summed E-state index contributed by atoms with van der Waals surface area (Å²) in [4.78, 5) is 26.6. The zero-order valence-corrected chi connectivity index (χ0v) is 22.6. The smallest absolute Gasteiger partial charge is 0.164 e. The largest absolute Gasteiger partial charge is 0.393 e. The van der Waals surface area contributed by atoms with Crippen LogP contribution in [0.25, 0.3) is 0 Å². The molecule has 0 bridgehead atoms. The number of carbonyl (C=O) groups excluding carboxylic acids is 2. The number of aliphatic hydroxyl groups excluding tert-OH is 2. The number of allylic oxidation sites excluding steroid dienone is 1. The Morgan fingerprint density at radius 3 is 2.43 bits per heavy atom. The molecule has 5 aliphatic carbocycles. The second kappa shape index (κ2) is 6.69. The van der Waals surface area contributed by atoms with E-state index in [0.717, 1.165) is 25.7 Å². The lowest BCUT2D eigenvalue weighted by Gasteiger charge is -2.60. The molecule has 6 rings (SSSR count). The monoisotopic (exact) mass is 484 g/mol. The van der Waals surface area contributed by atoms with E-state index >= 15 is 0 Å². The van der Waals surface area contributed by atoms with Crippen molar-refractivity contribution in [1.82, 2.24) is 0 Å². The lowest BCUT2D eigenvalue weighted by molar-refractivity contribution is -0.131. The summed E-state index contributed by atoms with van der Waals surface area (Å²) in [6.07, 6.45) is 6.37. The number of epoxide rings is 1. The molecule has 5 nitrogen and oxygen atoms in total. The van der Waals surface area contributed by atoms with E-state index in [2.05, 4.69) is 40.7 Å². The van der Waals surface area contributed by atoms with E-state index in [1.807, 2.05) is 13.8 Å². The predicted octanol–water partition coefficient (Wildman–Crippen LogP) is 4.63. The summed E-state index contributed by atoms with van der Waals surface area (Å²) >= 11 is 0. The van der Waals surface area contributed by atoms with E-state index in [1.165, 1.54) is 5.57 Å². The van der Waals surface area contributed by atoms with Crippen LogP contribution in [0.1, 0.15) is 93.4 Å². The zero-order valence-electron chi connectivity index (χ0n) is 22.6. The molecule has 1 aliphatic heterocycles. The molecule has 0 radical (unpaired) electrons. The lowest BCUT2D eigenvalue weighted by Crippen LogP contribution is -2.57. The van der Waals surface area contributed by atoms with Gasteiger partial charge in [-0.25, -0.2) is 0 Å². The third-order valence-electron chi connectivity index (χ3n) is 12.7. The lowest BCUT2D eigenvalue weighted by atomic mass is 9.44. The molecule has 5 heteroatoms. The molecule has 1 heterocycles. The van der Waals surface area contributed by atoms with Crippen LogP contribution in [0.2, 0.25) is 0 Å². The van der Waals surface area contributed by atoms with Crippen molar-refractivity contribution in [2.45, 2.75) is 117 Å². The minimum Gasteiger partial charge on any atom is -0.393 e. The topological polar surface area (TPSA) is 87.1 Å². The standard InChI is InChI=1S/C30H44O5/c1-16(12-17(31)24-26(4,5)35-24)23-18(32)13-27(6)20-9-8-19-25(2,3)21(33)10-11-29(19)15-30(20,29)22(34)14-28(23,27)7/h9,16,19,21-24,33-34H,8,10-15H2,1-7H3. The molecule has 1 saturated heterocycles. The van der Waals surface area contributed by atoms with Crippen LogP contribution in [-0.4, -0.2) is 45.7 Å². The zero-order chi connectivity index (χ0) is 25.6. The van der Waals surface area contributed by atoms with Crippen molar-refractivity contribution < 1.29 is 24.5 Å². The Labute approximate surface area is 210 Å². The fraction of sp³-hybridized carbons (Fsp3) is 0.867. The second-order valence-electron chi connectivity index (χ2n) is 14.9. The highest BCUT2D eigenvalue weighted by atomic mass is 16.6. The maximum atomic E-state index is 13.7. The van der Waals surface area contributed by atoms with Gasteiger partial charge in [0.25, 0.3) is 0 Å². The first kappa shape index (κ1) is 24.3. The molecular weight excluding hydrogens is 440 g/mol. The minimum atomic E-state index is -0.484. The van der Waals surface area contributed by atoms with Crippen LogP contribution in [0.3, 0.4) is 0 Å². The van der Waals surface area contributed by atoms with Gasteiger partial charge in [-0.1, -0.05) is 46.3 Å². The number of hydrogen-bond donors (Lipinski definition) is 2. The van der Waals surface area contributed by atoms with Crippen LogP contribution < -0.4 is 0 Å². The first-order valence-corrected chi connectivity index (χ1v) is 13.9. The summed E-state index contributed by atoms with van der Waals surface area (Å²) in [6, 6.07) is 0. The Bertz CT molecular complexity index is 1040. The van der Waals surface area contributed by atoms with E-state index in [1.54, 1.807) is 0 Å². The Kier molecular flexibility index (Phi) is 4.64. The van der Waals surface area contributed by atoms with Crippen molar-refractivity contribution in [3.8, 4) is 0 Å². The fourth-order valence-electron chi connectivity index (χ4n) is 10.6. The van der Waals surface area contributed by atoms with Crippen molar-refractivity contribution in [3.05, 3.63) is 11.6 Å². The number of ketones is 2. The molecule has 6 aliphatic rings. The average molecular weight is 485 g/mol. The SMILES string of the molecule is CC(CC(=O)C1OC1(C)C)C1C(=O)CC2(C)C3=CCC4C(C)(C)C(O)CCC45CC35C(O)CC12C. The number of fused-ring (bicyclic) bond motifs is 2. The summed E-state index contributed by atoms with van der Waals surface area (Å²) in [6.45, 7) is 14.8. The fourth-order valence-corrected chi connectivity index (χ4v) is 10.6. The van der Waals surface area contributed by atoms with Gasteiger partial charge in [0.1, 0.15) is 11.9 Å². The first-order valence-electron chi connectivity index (χ1n) is 13.9. The highest BCUT2D eigenvalue weighted by Gasteiger charge is 2.83. The van der Waals surface area contributed by atoms with Gasteiger partial charge >= 0.3 is 0 Å². The molecule has 2 N–H and O–H groups in total. The summed E-state index contributed by atoms with van der Waals surface area (Å²) in [5.41, 5.74) is -0.102. The average Bonchev–Trinajstić information content (AvgIpc) is 3.58. The normalized spacial score (nSPS) is 53.5. The van der Waals surface area contributed by atoms with Crippen LogP contribution in [0, 0.1) is 44.8 Å². The molecule has 10 atom stereocenters. The number of carbonyl (C=O) groups is 2. The molecule has 194 valence electrons. The molecule has 0 aromatic rings. The highest BCUT2D eigenvalue weighted by Crippen LogP contribution is 2.87. The van der Waals surface area contributed by atoms with Gasteiger partial charge in [0.2, 0.25) is 0 Å². The van der Waals surface area contributed by atoms with Crippen LogP contribution >= 0.6 is 0 Å². The van der Waals surface area contributed by atoms with Gasteiger partial charge in [0, 0.05) is 29.6 Å². The van der Waals surface area contributed by atoms with Crippen molar-refractivity contribution in [2.24, 2.45) is 44.8 Å². The third-order valence-corrected chi connectivity index (χ3v) is 12.7. The van der Waals surface area contributed by atoms with Gasteiger partial charge in [0.15, 0.2) is 5.78 Å². The summed E-state index contributed by atoms with van der Waals surface area (Å²) < 4.78 is 5.59. The Morgan fingerprint density at radius 2 is 1.80 bits per heavy atom. The second-order valence-corrected chi connectivity index (χ2v) is 14.9. The van der Waals surface area contributed by atoms with Crippen molar-refractivity contribution in [3.63, 3.8) is 0 Å². The maximum absolute atomic E-state index is 13.7. The van der Waals surface area contributed by atoms with Crippen molar-refractivity contribution in [2.75, 3.05) is 0 Å². The number of Topliss-reactive ketones (excluding diaryl/α,β-unsaturated/α-hetero) is 2. The van der Waals surface area contributed by atoms with Gasteiger partial charge in [0.05, 0.1) is 17.8 Å². The Balaban J connectivity index is 1.35. The molecule has 35 heavy (non-hydrogen) atoms. The number of ether oxygens (including phenoxy) is 1. The van der Waals surface area contributed by atoms with Gasteiger partial charge in [-0.15, -0.1) is 0 Å². The van der Waals surface area contributed by atoms with Crippen LogP contribution in [0.4, 0.5) is 0 Å². The van der Waals surface area contributed by atoms with Crippen molar-refractivity contribution in [1.29, 1.82) is 0 Å². The molecule has 0 aromatic carbocycles. The molecule has 4 saturated carbocycles. The molecule has 2 spiro atoms. The van der Waals surface area contributed by atoms with Crippen LogP contribution in [0.15, 0.2) is 11.6 Å². The van der Waals surface area contributed by atoms with Gasteiger partial charge in [-0.3, -0.25) is 9.59 Å². The molecule has 10 unspecified atom stereocenters.